The summed E-state index contributed by atoms with van der Waals surface area (Å²) >= 11 is 0. The van der Waals surface area contributed by atoms with Crippen molar-refractivity contribution in [1.29, 1.82) is 5.26 Å². The second kappa shape index (κ2) is 3.57. The van der Waals surface area contributed by atoms with E-state index in [1.54, 1.807) is 6.20 Å². The van der Waals surface area contributed by atoms with Crippen LogP contribution in [-0.4, -0.2) is 4.98 Å². The van der Waals surface area contributed by atoms with Gasteiger partial charge in [-0.15, -0.1) is 0 Å². The largest absolute Gasteiger partial charge is 0.315 e. The molecule has 3 nitrogen and oxygen atoms in total. The molecule has 0 unspecified atom stereocenters. The minimum Gasteiger partial charge on any atom is -0.315 e. The van der Waals surface area contributed by atoms with Crippen LogP contribution in [0.1, 0.15) is 18.7 Å². The van der Waals surface area contributed by atoms with Crippen LogP contribution in [0.5, 0.6) is 0 Å². The summed E-state index contributed by atoms with van der Waals surface area (Å²) in [6, 6.07) is 5.64. The lowest BCUT2D eigenvalue weighted by atomic mass is 10.2. The van der Waals surface area contributed by atoms with E-state index in [9.17, 15) is 0 Å². The lowest BCUT2D eigenvalue weighted by molar-refractivity contribution is 0.674. The Morgan fingerprint density at radius 2 is 2.45 bits per heavy atom. The van der Waals surface area contributed by atoms with E-state index in [0.717, 1.165) is 5.69 Å². The van der Waals surface area contributed by atoms with Gasteiger partial charge in [-0.25, -0.2) is 0 Å². The van der Waals surface area contributed by atoms with Crippen molar-refractivity contribution < 1.29 is 0 Å². The van der Waals surface area contributed by atoms with Crippen molar-refractivity contribution in [1.82, 2.24) is 10.3 Å². The van der Waals surface area contributed by atoms with E-state index in [2.05, 4.69) is 10.3 Å². The SMILES string of the molecule is C[C@@H](NC#N)c1ccccn1. The summed E-state index contributed by atoms with van der Waals surface area (Å²) in [5.41, 5.74) is 0.883. The van der Waals surface area contributed by atoms with Gasteiger partial charge in [-0.1, -0.05) is 6.07 Å². The molecule has 0 aliphatic carbocycles. The van der Waals surface area contributed by atoms with E-state index >= 15 is 0 Å². The van der Waals surface area contributed by atoms with Crippen molar-refractivity contribution in [3.8, 4) is 6.19 Å². The lowest BCUT2D eigenvalue weighted by Gasteiger charge is -2.06. The van der Waals surface area contributed by atoms with Crippen LogP contribution in [0.3, 0.4) is 0 Å². The Balaban J connectivity index is 2.70. The van der Waals surface area contributed by atoms with Crippen molar-refractivity contribution in [2.75, 3.05) is 0 Å². The lowest BCUT2D eigenvalue weighted by Crippen LogP contribution is -2.12. The van der Waals surface area contributed by atoms with Crippen LogP contribution in [0.25, 0.3) is 0 Å². The normalized spacial score (nSPS) is 11.6. The van der Waals surface area contributed by atoms with Crippen molar-refractivity contribution in [3.05, 3.63) is 30.1 Å². The second-order valence-corrected chi connectivity index (χ2v) is 2.23. The number of hydrogen-bond donors (Lipinski definition) is 1. The summed E-state index contributed by atoms with van der Waals surface area (Å²) in [4.78, 5) is 4.08. The summed E-state index contributed by atoms with van der Waals surface area (Å²) in [6.07, 6.45) is 3.59. The first-order valence-corrected chi connectivity index (χ1v) is 3.40. The van der Waals surface area contributed by atoms with Gasteiger partial charge < -0.3 is 5.32 Å². The predicted molar refractivity (Wildman–Crippen MR) is 41.4 cm³/mol. The second-order valence-electron chi connectivity index (χ2n) is 2.23. The minimum absolute atomic E-state index is 0.00111. The Hall–Kier alpha value is -1.56. The molecule has 56 valence electrons. The predicted octanol–water partition coefficient (Wildman–Crippen LogP) is 1.21. The molecule has 1 heterocycles. The van der Waals surface area contributed by atoms with Gasteiger partial charge in [0.15, 0.2) is 6.19 Å². The number of nitrogens with one attached hydrogen (secondary N) is 1. The van der Waals surface area contributed by atoms with E-state index in [0.29, 0.717) is 0 Å². The van der Waals surface area contributed by atoms with Crippen LogP contribution < -0.4 is 5.32 Å². The highest BCUT2D eigenvalue weighted by Crippen LogP contribution is 2.05. The summed E-state index contributed by atoms with van der Waals surface area (Å²) in [7, 11) is 0. The number of nitriles is 1. The minimum atomic E-state index is 0.00111. The molecule has 0 radical (unpaired) electrons. The van der Waals surface area contributed by atoms with Crippen LogP contribution in [0.4, 0.5) is 0 Å². The molecule has 0 saturated heterocycles. The van der Waals surface area contributed by atoms with Crippen LogP contribution in [0.15, 0.2) is 24.4 Å². The van der Waals surface area contributed by atoms with Crippen LogP contribution >= 0.6 is 0 Å². The maximum absolute atomic E-state index is 8.31. The standard InChI is InChI=1S/C8H9N3/c1-7(11-6-9)8-4-2-3-5-10-8/h2-5,7,11H,1H3/t7-/m1/s1. The van der Waals surface area contributed by atoms with Crippen LogP contribution in [0.2, 0.25) is 0 Å². The summed E-state index contributed by atoms with van der Waals surface area (Å²) in [5, 5.41) is 10.9. The van der Waals surface area contributed by atoms with Crippen LogP contribution in [0, 0.1) is 11.5 Å². The zero-order valence-corrected chi connectivity index (χ0v) is 6.28. The highest BCUT2D eigenvalue weighted by atomic mass is 14.9. The van der Waals surface area contributed by atoms with E-state index in [1.807, 2.05) is 31.3 Å². The molecule has 0 aromatic carbocycles. The fourth-order valence-corrected chi connectivity index (χ4v) is 0.803. The molecule has 0 bridgehead atoms. The highest BCUT2D eigenvalue weighted by molar-refractivity contribution is 5.08. The zero-order chi connectivity index (χ0) is 8.10. The first kappa shape index (κ1) is 7.55. The number of aromatic nitrogens is 1. The number of pyridine rings is 1. The van der Waals surface area contributed by atoms with E-state index in [-0.39, 0.29) is 6.04 Å². The first-order chi connectivity index (χ1) is 5.34. The summed E-state index contributed by atoms with van der Waals surface area (Å²) in [6.45, 7) is 1.89. The van der Waals surface area contributed by atoms with E-state index in [4.69, 9.17) is 5.26 Å². The van der Waals surface area contributed by atoms with E-state index < -0.39 is 0 Å². The van der Waals surface area contributed by atoms with Gasteiger partial charge in [0, 0.05) is 6.20 Å². The average Bonchev–Trinajstić information content (AvgIpc) is 2.07. The molecule has 1 rings (SSSR count). The number of nitrogens with zero attached hydrogens (tertiary/aromatic N) is 2. The monoisotopic (exact) mass is 147 g/mol. The molecule has 0 spiro atoms. The maximum atomic E-state index is 8.31. The Labute approximate surface area is 65.7 Å². The molecule has 0 aliphatic rings. The molecule has 3 heteroatoms. The van der Waals surface area contributed by atoms with Gasteiger partial charge in [0.25, 0.3) is 0 Å². The molecule has 0 amide bonds. The van der Waals surface area contributed by atoms with Crippen molar-refractivity contribution in [3.63, 3.8) is 0 Å². The molecule has 1 atom stereocenters. The van der Waals surface area contributed by atoms with Crippen molar-refractivity contribution in [2.24, 2.45) is 0 Å². The Morgan fingerprint density at radius 1 is 1.64 bits per heavy atom. The third-order valence-electron chi connectivity index (χ3n) is 1.41. The number of hydrogen-bond acceptors (Lipinski definition) is 3. The topological polar surface area (TPSA) is 48.7 Å². The summed E-state index contributed by atoms with van der Waals surface area (Å²) in [5.74, 6) is 0. The molecule has 1 aromatic rings. The van der Waals surface area contributed by atoms with Crippen molar-refractivity contribution >= 4 is 0 Å². The van der Waals surface area contributed by atoms with Gasteiger partial charge in [-0.2, -0.15) is 5.26 Å². The van der Waals surface area contributed by atoms with Crippen LogP contribution in [-0.2, 0) is 0 Å². The van der Waals surface area contributed by atoms with Gasteiger partial charge in [0.1, 0.15) is 0 Å². The first-order valence-electron chi connectivity index (χ1n) is 3.40. The molecule has 0 fully saturated rings. The third-order valence-corrected chi connectivity index (χ3v) is 1.41. The summed E-state index contributed by atoms with van der Waals surface area (Å²) < 4.78 is 0. The number of rotatable bonds is 2. The molecule has 11 heavy (non-hydrogen) atoms. The average molecular weight is 147 g/mol. The van der Waals surface area contributed by atoms with Gasteiger partial charge in [0.05, 0.1) is 11.7 Å². The molecular formula is C8H9N3. The van der Waals surface area contributed by atoms with Gasteiger partial charge in [-0.3, -0.25) is 4.98 Å². The fraction of sp³-hybridized carbons (Fsp3) is 0.250. The maximum Gasteiger partial charge on any atom is 0.177 e. The van der Waals surface area contributed by atoms with Gasteiger partial charge >= 0.3 is 0 Å². The van der Waals surface area contributed by atoms with Gasteiger partial charge in [0.2, 0.25) is 0 Å². The highest BCUT2D eigenvalue weighted by Gasteiger charge is 2.02. The molecule has 0 saturated carbocycles. The third kappa shape index (κ3) is 1.94. The fourth-order valence-electron chi connectivity index (χ4n) is 0.803. The van der Waals surface area contributed by atoms with E-state index in [1.165, 1.54) is 0 Å². The smallest absolute Gasteiger partial charge is 0.177 e. The zero-order valence-electron chi connectivity index (χ0n) is 6.28. The van der Waals surface area contributed by atoms with Gasteiger partial charge in [-0.05, 0) is 19.1 Å². The molecule has 1 aromatic heterocycles. The molecule has 1 N–H and O–H groups in total. The quantitative estimate of drug-likeness (QED) is 0.505. The molecular weight excluding hydrogens is 138 g/mol. The molecule has 0 aliphatic heterocycles. The van der Waals surface area contributed by atoms with Crippen molar-refractivity contribution in [2.45, 2.75) is 13.0 Å². The Bertz CT molecular complexity index is 250. The Kier molecular flexibility index (Phi) is 2.45. The Morgan fingerprint density at radius 3 is 3.00 bits per heavy atom.